The summed E-state index contributed by atoms with van der Waals surface area (Å²) in [6.45, 7) is 6.26. The molecular formula is C19H29F3N4. The van der Waals surface area contributed by atoms with Crippen LogP contribution in [-0.4, -0.2) is 44.1 Å². The van der Waals surface area contributed by atoms with Crippen molar-refractivity contribution >= 4 is 5.96 Å². The second-order valence-electron chi connectivity index (χ2n) is 6.85. The Bertz CT molecular complexity index is 561. The van der Waals surface area contributed by atoms with E-state index in [0.717, 1.165) is 56.2 Å². The number of halogens is 3. The number of benzene rings is 1. The topological polar surface area (TPSA) is 39.7 Å². The van der Waals surface area contributed by atoms with Gasteiger partial charge >= 0.3 is 6.18 Å². The van der Waals surface area contributed by atoms with Crippen LogP contribution in [0.15, 0.2) is 29.3 Å². The predicted octanol–water partition coefficient (Wildman–Crippen LogP) is 3.49. The fraction of sp³-hybridized carbons (Fsp3) is 0.632. The van der Waals surface area contributed by atoms with E-state index in [-0.39, 0.29) is 0 Å². The number of alkyl halides is 3. The van der Waals surface area contributed by atoms with E-state index >= 15 is 0 Å². The molecule has 1 fully saturated rings. The van der Waals surface area contributed by atoms with Crippen LogP contribution in [0.3, 0.4) is 0 Å². The Morgan fingerprint density at radius 2 is 1.81 bits per heavy atom. The number of aliphatic imine (C=N–C) groups is 1. The van der Waals surface area contributed by atoms with Crippen molar-refractivity contribution in [1.82, 2.24) is 15.5 Å². The molecule has 1 aromatic rings. The van der Waals surface area contributed by atoms with Gasteiger partial charge in [-0.15, -0.1) is 0 Å². The smallest absolute Gasteiger partial charge is 0.357 e. The van der Waals surface area contributed by atoms with Gasteiger partial charge in [0.1, 0.15) is 0 Å². The first-order valence-electron chi connectivity index (χ1n) is 9.25. The summed E-state index contributed by atoms with van der Waals surface area (Å²) >= 11 is 0. The van der Waals surface area contributed by atoms with Gasteiger partial charge < -0.3 is 15.5 Å². The van der Waals surface area contributed by atoms with Crippen LogP contribution in [-0.2, 0) is 12.7 Å². The molecule has 1 saturated heterocycles. The van der Waals surface area contributed by atoms with E-state index in [4.69, 9.17) is 0 Å². The number of guanidine groups is 1. The van der Waals surface area contributed by atoms with Crippen LogP contribution in [0.5, 0.6) is 0 Å². The minimum atomic E-state index is -4.30. The molecule has 146 valence electrons. The maximum Gasteiger partial charge on any atom is 0.416 e. The number of piperidine rings is 1. The minimum absolute atomic E-state index is 0.349. The summed E-state index contributed by atoms with van der Waals surface area (Å²) in [5.41, 5.74) is 0.124. The van der Waals surface area contributed by atoms with Crippen molar-refractivity contribution in [2.75, 3.05) is 33.2 Å². The highest BCUT2D eigenvalue weighted by molar-refractivity contribution is 5.79. The summed E-state index contributed by atoms with van der Waals surface area (Å²) in [5.74, 6) is 1.46. The van der Waals surface area contributed by atoms with Gasteiger partial charge in [0.05, 0.1) is 12.1 Å². The van der Waals surface area contributed by atoms with Crippen LogP contribution in [0.2, 0.25) is 0 Å². The predicted molar refractivity (Wildman–Crippen MR) is 99.1 cm³/mol. The highest BCUT2D eigenvalue weighted by Gasteiger charge is 2.29. The number of hydrogen-bond donors (Lipinski definition) is 2. The van der Waals surface area contributed by atoms with E-state index < -0.39 is 11.7 Å². The van der Waals surface area contributed by atoms with Gasteiger partial charge in [-0.05, 0) is 69.9 Å². The van der Waals surface area contributed by atoms with Crippen molar-refractivity contribution in [3.05, 3.63) is 35.4 Å². The number of nitrogens with one attached hydrogen (secondary N) is 2. The molecule has 2 rings (SSSR count). The first kappa shape index (κ1) is 20.6. The van der Waals surface area contributed by atoms with Crippen molar-refractivity contribution in [3.8, 4) is 0 Å². The summed E-state index contributed by atoms with van der Waals surface area (Å²) in [4.78, 5) is 6.84. The van der Waals surface area contributed by atoms with Gasteiger partial charge in [-0.25, -0.2) is 4.99 Å². The third-order valence-corrected chi connectivity index (χ3v) is 4.73. The van der Waals surface area contributed by atoms with Gasteiger partial charge in [0.15, 0.2) is 5.96 Å². The van der Waals surface area contributed by atoms with Gasteiger partial charge in [-0.2, -0.15) is 13.2 Å². The Morgan fingerprint density at radius 1 is 1.15 bits per heavy atom. The molecule has 0 saturated carbocycles. The lowest BCUT2D eigenvalue weighted by molar-refractivity contribution is -0.137. The van der Waals surface area contributed by atoms with E-state index in [1.165, 1.54) is 25.0 Å². The number of rotatable bonds is 6. The summed E-state index contributed by atoms with van der Waals surface area (Å²) in [7, 11) is 2.16. The molecule has 2 N–H and O–H groups in total. The summed E-state index contributed by atoms with van der Waals surface area (Å²) < 4.78 is 37.8. The third kappa shape index (κ3) is 6.86. The van der Waals surface area contributed by atoms with E-state index in [2.05, 4.69) is 27.6 Å². The monoisotopic (exact) mass is 370 g/mol. The highest BCUT2D eigenvalue weighted by Crippen LogP contribution is 2.29. The zero-order valence-corrected chi connectivity index (χ0v) is 15.6. The van der Waals surface area contributed by atoms with Crippen LogP contribution in [0, 0.1) is 5.92 Å². The Hall–Kier alpha value is -1.76. The first-order chi connectivity index (χ1) is 12.4. The van der Waals surface area contributed by atoms with Crippen LogP contribution in [0.25, 0.3) is 0 Å². The normalized spacial score (nSPS) is 17.3. The second kappa shape index (κ2) is 9.80. The van der Waals surface area contributed by atoms with E-state index in [1.807, 2.05) is 6.92 Å². The molecule has 0 aromatic heterocycles. The molecule has 1 aliphatic heterocycles. The van der Waals surface area contributed by atoms with Crippen molar-refractivity contribution in [3.63, 3.8) is 0 Å². The minimum Gasteiger partial charge on any atom is -0.357 e. The molecule has 1 heterocycles. The lowest BCUT2D eigenvalue weighted by Crippen LogP contribution is -2.39. The van der Waals surface area contributed by atoms with Crippen molar-refractivity contribution in [2.24, 2.45) is 10.9 Å². The van der Waals surface area contributed by atoms with E-state index in [9.17, 15) is 13.2 Å². The zero-order valence-electron chi connectivity index (χ0n) is 15.6. The Morgan fingerprint density at radius 3 is 2.38 bits per heavy atom. The molecular weight excluding hydrogens is 341 g/mol. The van der Waals surface area contributed by atoms with Gasteiger partial charge in [0.2, 0.25) is 0 Å². The lowest BCUT2D eigenvalue weighted by atomic mass is 9.94. The van der Waals surface area contributed by atoms with Crippen molar-refractivity contribution in [2.45, 2.75) is 38.9 Å². The molecule has 0 unspecified atom stereocenters. The molecule has 0 aliphatic carbocycles. The van der Waals surface area contributed by atoms with Gasteiger partial charge in [-0.1, -0.05) is 12.1 Å². The summed E-state index contributed by atoms with van der Waals surface area (Å²) in [6, 6.07) is 5.17. The quantitative estimate of drug-likeness (QED) is 0.595. The summed E-state index contributed by atoms with van der Waals surface area (Å²) in [5, 5.41) is 6.51. The Labute approximate surface area is 153 Å². The molecule has 0 amide bonds. The fourth-order valence-corrected chi connectivity index (χ4v) is 3.06. The molecule has 0 bridgehead atoms. The SMILES string of the molecule is CCNC(=NCc1ccc(C(F)(F)F)cc1)NCCC1CCN(C)CC1. The summed E-state index contributed by atoms with van der Waals surface area (Å²) in [6.07, 6.45) is -0.723. The van der Waals surface area contributed by atoms with Gasteiger partial charge in [0, 0.05) is 13.1 Å². The van der Waals surface area contributed by atoms with Crippen LogP contribution in [0.1, 0.15) is 37.3 Å². The zero-order chi connectivity index (χ0) is 19.0. The molecule has 26 heavy (non-hydrogen) atoms. The molecule has 0 radical (unpaired) electrons. The van der Waals surface area contributed by atoms with E-state index in [1.54, 1.807) is 0 Å². The maximum atomic E-state index is 12.6. The standard InChI is InChI=1S/C19H29F3N4/c1-3-23-18(24-11-8-15-9-12-26(2)13-10-15)25-14-16-4-6-17(7-5-16)19(20,21)22/h4-7,15H,3,8-14H2,1-2H3,(H2,23,24,25). The van der Waals surface area contributed by atoms with Crippen LogP contribution in [0.4, 0.5) is 13.2 Å². The number of nitrogens with zero attached hydrogens (tertiary/aromatic N) is 2. The number of likely N-dealkylation sites (tertiary alicyclic amines) is 1. The van der Waals surface area contributed by atoms with Crippen LogP contribution >= 0.6 is 0 Å². The Balaban J connectivity index is 1.82. The molecule has 0 atom stereocenters. The number of hydrogen-bond acceptors (Lipinski definition) is 2. The molecule has 4 nitrogen and oxygen atoms in total. The van der Waals surface area contributed by atoms with Crippen molar-refractivity contribution < 1.29 is 13.2 Å². The average molecular weight is 370 g/mol. The van der Waals surface area contributed by atoms with Crippen molar-refractivity contribution in [1.29, 1.82) is 0 Å². The highest BCUT2D eigenvalue weighted by atomic mass is 19.4. The first-order valence-corrected chi connectivity index (χ1v) is 9.25. The van der Waals surface area contributed by atoms with E-state index in [0.29, 0.717) is 12.5 Å². The third-order valence-electron chi connectivity index (χ3n) is 4.73. The molecule has 0 spiro atoms. The Kier molecular flexibility index (Phi) is 7.75. The molecule has 7 heteroatoms. The lowest BCUT2D eigenvalue weighted by Gasteiger charge is -2.29. The average Bonchev–Trinajstić information content (AvgIpc) is 2.61. The fourth-order valence-electron chi connectivity index (χ4n) is 3.06. The van der Waals surface area contributed by atoms with Gasteiger partial charge in [-0.3, -0.25) is 0 Å². The maximum absolute atomic E-state index is 12.6. The van der Waals surface area contributed by atoms with Crippen LogP contribution < -0.4 is 10.6 Å². The molecule has 1 aromatic carbocycles. The molecule has 1 aliphatic rings. The largest absolute Gasteiger partial charge is 0.416 e. The second-order valence-corrected chi connectivity index (χ2v) is 6.85. The van der Waals surface area contributed by atoms with Gasteiger partial charge in [0.25, 0.3) is 0 Å².